The van der Waals surface area contributed by atoms with E-state index in [4.69, 9.17) is 20.2 Å². The molecule has 0 aromatic heterocycles. The Morgan fingerprint density at radius 1 is 1.61 bits per heavy atom. The van der Waals surface area contributed by atoms with Crippen LogP contribution in [0, 0.1) is 11.3 Å². The van der Waals surface area contributed by atoms with Gasteiger partial charge in [-0.3, -0.25) is 0 Å². The van der Waals surface area contributed by atoms with Crippen LogP contribution >= 0.6 is 0 Å². The van der Waals surface area contributed by atoms with E-state index in [1.54, 1.807) is 0 Å². The Labute approximate surface area is 104 Å². The number of amides is 2. The summed E-state index contributed by atoms with van der Waals surface area (Å²) in [6.45, 7) is 0.313. The standard InChI is InChI=1S/C10H15N3O5/c11-5-7-6-13(2-4-18-7)10(17)12-8(1-3-14)9(15)16/h7-8,14H,1-4,6H2,(H,12,17)(H,15,16)/t7?,8-/m1/s1. The lowest BCUT2D eigenvalue weighted by Gasteiger charge is -2.30. The van der Waals surface area contributed by atoms with Crippen LogP contribution in [0.25, 0.3) is 0 Å². The SMILES string of the molecule is N#CC1CN(C(=O)N[C@H](CCO)C(=O)O)CCO1. The van der Waals surface area contributed by atoms with Gasteiger partial charge in [-0.2, -0.15) is 5.26 Å². The van der Waals surface area contributed by atoms with Crippen molar-refractivity contribution in [3.05, 3.63) is 0 Å². The molecule has 18 heavy (non-hydrogen) atoms. The van der Waals surface area contributed by atoms with Crippen LogP contribution in [0.1, 0.15) is 6.42 Å². The van der Waals surface area contributed by atoms with Gasteiger partial charge in [-0.1, -0.05) is 0 Å². The molecule has 0 spiro atoms. The Kier molecular flexibility index (Phi) is 5.35. The van der Waals surface area contributed by atoms with Gasteiger partial charge in [0.2, 0.25) is 0 Å². The van der Waals surface area contributed by atoms with Gasteiger partial charge in [-0.25, -0.2) is 9.59 Å². The number of rotatable bonds is 4. The number of morpholine rings is 1. The Balaban J connectivity index is 2.53. The number of carbonyl (C=O) groups excluding carboxylic acids is 1. The number of hydrogen-bond acceptors (Lipinski definition) is 5. The van der Waals surface area contributed by atoms with Crippen molar-refractivity contribution in [1.82, 2.24) is 10.2 Å². The first-order valence-corrected chi connectivity index (χ1v) is 5.48. The molecular weight excluding hydrogens is 242 g/mol. The maximum absolute atomic E-state index is 11.8. The number of nitriles is 1. The number of nitrogens with one attached hydrogen (secondary N) is 1. The molecule has 8 heteroatoms. The number of aliphatic hydroxyl groups is 1. The molecule has 0 radical (unpaired) electrons. The second-order valence-electron chi connectivity index (χ2n) is 3.79. The molecular formula is C10H15N3O5. The predicted molar refractivity (Wildman–Crippen MR) is 58.6 cm³/mol. The Bertz CT molecular complexity index is 354. The quantitative estimate of drug-likeness (QED) is 0.578. The topological polar surface area (TPSA) is 123 Å². The second kappa shape index (κ2) is 6.78. The number of carbonyl (C=O) groups is 2. The van der Waals surface area contributed by atoms with E-state index in [-0.39, 0.29) is 26.2 Å². The minimum absolute atomic E-state index is 0.0624. The van der Waals surface area contributed by atoms with E-state index in [1.807, 2.05) is 6.07 Å². The zero-order chi connectivity index (χ0) is 13.5. The number of ether oxygens (including phenoxy) is 1. The van der Waals surface area contributed by atoms with E-state index in [1.165, 1.54) is 4.90 Å². The van der Waals surface area contributed by atoms with Gasteiger partial charge in [0, 0.05) is 19.6 Å². The Morgan fingerprint density at radius 2 is 2.33 bits per heavy atom. The molecule has 1 unspecified atom stereocenters. The first-order valence-electron chi connectivity index (χ1n) is 5.48. The van der Waals surface area contributed by atoms with Crippen molar-refractivity contribution in [3.63, 3.8) is 0 Å². The first-order chi connectivity index (χ1) is 8.58. The maximum atomic E-state index is 11.8. The Hall–Kier alpha value is -1.85. The average Bonchev–Trinajstić information content (AvgIpc) is 2.38. The molecule has 1 rings (SSSR count). The fourth-order valence-electron chi connectivity index (χ4n) is 1.54. The summed E-state index contributed by atoms with van der Waals surface area (Å²) in [6, 6.07) is 0.186. The van der Waals surface area contributed by atoms with Crippen molar-refractivity contribution in [2.75, 3.05) is 26.3 Å². The van der Waals surface area contributed by atoms with Crippen LogP contribution in [0.15, 0.2) is 0 Å². The lowest BCUT2D eigenvalue weighted by Crippen LogP contribution is -2.53. The highest BCUT2D eigenvalue weighted by Gasteiger charge is 2.27. The van der Waals surface area contributed by atoms with Gasteiger partial charge in [0.05, 0.1) is 19.2 Å². The van der Waals surface area contributed by atoms with Gasteiger partial charge in [-0.05, 0) is 0 Å². The van der Waals surface area contributed by atoms with Crippen molar-refractivity contribution in [1.29, 1.82) is 5.26 Å². The summed E-state index contributed by atoms with van der Waals surface area (Å²) >= 11 is 0. The van der Waals surface area contributed by atoms with E-state index in [9.17, 15) is 9.59 Å². The van der Waals surface area contributed by atoms with Crippen LogP contribution in [0.3, 0.4) is 0 Å². The molecule has 0 aromatic carbocycles. The fraction of sp³-hybridized carbons (Fsp3) is 0.700. The smallest absolute Gasteiger partial charge is 0.326 e. The normalized spacial score (nSPS) is 20.9. The average molecular weight is 257 g/mol. The third-order valence-corrected chi connectivity index (χ3v) is 2.51. The summed E-state index contributed by atoms with van der Waals surface area (Å²) in [5.41, 5.74) is 0. The van der Waals surface area contributed by atoms with Crippen LogP contribution in [0.2, 0.25) is 0 Å². The lowest BCUT2D eigenvalue weighted by molar-refractivity contribution is -0.139. The number of aliphatic hydroxyl groups excluding tert-OH is 1. The van der Waals surface area contributed by atoms with Crippen molar-refractivity contribution < 1.29 is 24.5 Å². The summed E-state index contributed by atoms with van der Waals surface area (Å²) in [5, 5.41) is 28.5. The monoisotopic (exact) mass is 257 g/mol. The zero-order valence-electron chi connectivity index (χ0n) is 9.70. The largest absolute Gasteiger partial charge is 0.480 e. The van der Waals surface area contributed by atoms with Crippen molar-refractivity contribution in [3.8, 4) is 6.07 Å². The van der Waals surface area contributed by atoms with Crippen LogP contribution in [-0.2, 0) is 9.53 Å². The van der Waals surface area contributed by atoms with E-state index in [2.05, 4.69) is 5.32 Å². The highest BCUT2D eigenvalue weighted by molar-refractivity contribution is 5.82. The van der Waals surface area contributed by atoms with Gasteiger partial charge >= 0.3 is 12.0 Å². The molecule has 2 atom stereocenters. The predicted octanol–water partition coefficient (Wildman–Crippen LogP) is -1.24. The van der Waals surface area contributed by atoms with E-state index >= 15 is 0 Å². The van der Waals surface area contributed by atoms with Crippen LogP contribution in [0.4, 0.5) is 4.79 Å². The van der Waals surface area contributed by atoms with E-state index < -0.39 is 24.1 Å². The van der Waals surface area contributed by atoms with Gasteiger partial charge in [0.1, 0.15) is 6.04 Å². The molecule has 100 valence electrons. The summed E-state index contributed by atoms with van der Waals surface area (Å²) < 4.78 is 5.07. The van der Waals surface area contributed by atoms with Crippen molar-refractivity contribution >= 4 is 12.0 Å². The molecule has 8 nitrogen and oxygen atoms in total. The highest BCUT2D eigenvalue weighted by atomic mass is 16.5. The van der Waals surface area contributed by atoms with Crippen molar-refractivity contribution in [2.24, 2.45) is 0 Å². The number of nitrogens with zero attached hydrogens (tertiary/aromatic N) is 2. The molecule has 2 amide bonds. The van der Waals surface area contributed by atoms with Gasteiger partial charge < -0.3 is 25.2 Å². The number of carboxylic acid groups (broad SMARTS) is 1. The first kappa shape index (κ1) is 14.2. The van der Waals surface area contributed by atoms with Gasteiger partial charge in [0.25, 0.3) is 0 Å². The number of carboxylic acids is 1. The van der Waals surface area contributed by atoms with Crippen LogP contribution < -0.4 is 5.32 Å². The third kappa shape index (κ3) is 3.87. The molecule has 1 saturated heterocycles. The lowest BCUT2D eigenvalue weighted by atomic mass is 10.2. The van der Waals surface area contributed by atoms with Crippen LogP contribution in [0.5, 0.6) is 0 Å². The summed E-state index contributed by atoms with van der Waals surface area (Å²) in [6.07, 6.45) is -0.752. The fourth-order valence-corrected chi connectivity index (χ4v) is 1.54. The molecule has 1 aliphatic rings. The summed E-state index contributed by atoms with van der Waals surface area (Å²) in [7, 11) is 0. The molecule has 0 saturated carbocycles. The van der Waals surface area contributed by atoms with E-state index in [0.29, 0.717) is 6.54 Å². The second-order valence-corrected chi connectivity index (χ2v) is 3.79. The van der Waals surface area contributed by atoms with E-state index in [0.717, 1.165) is 0 Å². The Morgan fingerprint density at radius 3 is 2.89 bits per heavy atom. The van der Waals surface area contributed by atoms with Gasteiger partial charge in [0.15, 0.2) is 6.10 Å². The minimum atomic E-state index is -1.21. The molecule has 0 aromatic rings. The molecule has 3 N–H and O–H groups in total. The van der Waals surface area contributed by atoms with Crippen molar-refractivity contribution in [2.45, 2.75) is 18.6 Å². The zero-order valence-corrected chi connectivity index (χ0v) is 9.70. The number of aliphatic carboxylic acids is 1. The molecule has 0 aliphatic carbocycles. The number of hydrogen-bond donors (Lipinski definition) is 3. The van der Waals surface area contributed by atoms with Gasteiger partial charge in [-0.15, -0.1) is 0 Å². The molecule has 1 heterocycles. The maximum Gasteiger partial charge on any atom is 0.326 e. The molecule has 1 fully saturated rings. The molecule has 1 aliphatic heterocycles. The number of urea groups is 1. The molecule has 0 bridgehead atoms. The minimum Gasteiger partial charge on any atom is -0.480 e. The summed E-state index contributed by atoms with van der Waals surface area (Å²) in [4.78, 5) is 23.9. The third-order valence-electron chi connectivity index (χ3n) is 2.51. The highest BCUT2D eigenvalue weighted by Crippen LogP contribution is 2.05. The van der Waals surface area contributed by atoms with Crippen LogP contribution in [-0.4, -0.2) is 65.6 Å². The summed E-state index contributed by atoms with van der Waals surface area (Å²) in [5.74, 6) is -1.21.